The standard InChI is InChI=1S/C39H38N6O4S/c1-50(47)38-41-35-25-43(36-23-32(22-30-14-8-9-15-33(30)36)48-26-28-10-4-2-5-11-28)19-17-34(35)37(42-38)44-20-21-45(31(24-44)16-18-40)39(46)49-27-29-12-6-3-7-13-29/h2-15,22-23,31H,16-17,19-21,24-27H2,1H3/t31-,50?/m0/s1. The highest BCUT2D eigenvalue weighted by Crippen LogP contribution is 2.37. The minimum absolute atomic E-state index is 0.153. The molecule has 0 N–H and O–H groups in total. The summed E-state index contributed by atoms with van der Waals surface area (Å²) in [5, 5.41) is 12.2. The van der Waals surface area contributed by atoms with Crippen LogP contribution in [0.25, 0.3) is 10.8 Å². The minimum atomic E-state index is -1.42. The molecule has 0 saturated carbocycles. The topological polar surface area (TPSA) is 112 Å². The molecular formula is C39H38N6O4S. The van der Waals surface area contributed by atoms with Gasteiger partial charge in [-0.25, -0.2) is 14.8 Å². The van der Waals surface area contributed by atoms with Crippen LogP contribution in [-0.2, 0) is 41.7 Å². The number of fused-ring (bicyclic) bond motifs is 2. The fourth-order valence-corrected chi connectivity index (χ4v) is 7.16. The Morgan fingerprint density at radius 1 is 0.900 bits per heavy atom. The molecule has 11 heteroatoms. The summed E-state index contributed by atoms with van der Waals surface area (Å²) in [6.07, 6.45) is 1.98. The lowest BCUT2D eigenvalue weighted by atomic mass is 10.0. The molecule has 5 aromatic rings. The van der Waals surface area contributed by atoms with Crippen LogP contribution in [0.2, 0.25) is 0 Å². The molecule has 1 unspecified atom stereocenters. The summed E-state index contributed by atoms with van der Waals surface area (Å²) in [5.41, 5.74) is 4.88. The van der Waals surface area contributed by atoms with Crippen molar-refractivity contribution >= 4 is 39.2 Å². The Balaban J connectivity index is 1.14. The number of nitriles is 1. The number of rotatable bonds is 9. The fourth-order valence-electron chi connectivity index (χ4n) is 6.70. The monoisotopic (exact) mass is 686 g/mol. The van der Waals surface area contributed by atoms with E-state index in [2.05, 4.69) is 52.3 Å². The van der Waals surface area contributed by atoms with Gasteiger partial charge in [-0.3, -0.25) is 4.21 Å². The van der Waals surface area contributed by atoms with Gasteiger partial charge < -0.3 is 24.2 Å². The molecule has 2 aliphatic rings. The van der Waals surface area contributed by atoms with Crippen LogP contribution in [0.4, 0.5) is 16.3 Å². The smallest absolute Gasteiger partial charge is 0.410 e. The van der Waals surface area contributed by atoms with Gasteiger partial charge in [-0.15, -0.1) is 0 Å². The van der Waals surface area contributed by atoms with E-state index in [1.807, 2.05) is 60.7 Å². The molecule has 7 rings (SSSR count). The predicted octanol–water partition coefficient (Wildman–Crippen LogP) is 6.25. The molecule has 2 aliphatic heterocycles. The van der Waals surface area contributed by atoms with E-state index in [0.29, 0.717) is 39.2 Å². The number of carbonyl (C=O) groups excluding carboxylic acids is 1. The second kappa shape index (κ2) is 15.0. The molecule has 0 bridgehead atoms. The summed E-state index contributed by atoms with van der Waals surface area (Å²) in [7, 11) is -1.42. The highest BCUT2D eigenvalue weighted by Gasteiger charge is 2.35. The lowest BCUT2D eigenvalue weighted by Crippen LogP contribution is -2.56. The Bertz CT molecular complexity index is 2060. The van der Waals surface area contributed by atoms with Crippen molar-refractivity contribution in [2.45, 2.75) is 43.8 Å². The summed E-state index contributed by atoms with van der Waals surface area (Å²) in [6, 6.07) is 34.0. The van der Waals surface area contributed by atoms with Crippen molar-refractivity contribution in [2.75, 3.05) is 42.2 Å². The molecule has 50 heavy (non-hydrogen) atoms. The van der Waals surface area contributed by atoms with Gasteiger partial charge >= 0.3 is 6.09 Å². The predicted molar refractivity (Wildman–Crippen MR) is 193 cm³/mol. The lowest BCUT2D eigenvalue weighted by Gasteiger charge is -2.42. The van der Waals surface area contributed by atoms with E-state index >= 15 is 0 Å². The molecule has 0 spiro atoms. The zero-order valence-corrected chi connectivity index (χ0v) is 28.7. The Labute approximate surface area is 294 Å². The van der Waals surface area contributed by atoms with Gasteiger partial charge in [-0.1, -0.05) is 84.9 Å². The van der Waals surface area contributed by atoms with Crippen LogP contribution < -0.4 is 14.5 Å². The summed E-state index contributed by atoms with van der Waals surface area (Å²) < 4.78 is 24.8. The molecule has 0 aliphatic carbocycles. The third-order valence-electron chi connectivity index (χ3n) is 9.23. The maximum atomic E-state index is 13.2. The van der Waals surface area contributed by atoms with Crippen LogP contribution in [-0.4, -0.2) is 63.6 Å². The summed E-state index contributed by atoms with van der Waals surface area (Å²) in [5.74, 6) is 1.51. The third kappa shape index (κ3) is 7.26. The molecule has 1 aromatic heterocycles. The molecule has 1 saturated heterocycles. The minimum Gasteiger partial charge on any atom is -0.489 e. The number of anilines is 2. The first-order valence-electron chi connectivity index (χ1n) is 16.7. The quantitative estimate of drug-likeness (QED) is 0.166. The number of carbonyl (C=O) groups is 1. The molecule has 1 amide bonds. The van der Waals surface area contributed by atoms with E-state index in [4.69, 9.17) is 19.4 Å². The Morgan fingerprint density at radius 2 is 1.62 bits per heavy atom. The zero-order valence-electron chi connectivity index (χ0n) is 27.9. The first-order chi connectivity index (χ1) is 24.5. The van der Waals surface area contributed by atoms with E-state index in [1.165, 1.54) is 0 Å². The van der Waals surface area contributed by atoms with Gasteiger partial charge in [0.25, 0.3) is 0 Å². The van der Waals surface area contributed by atoms with Crippen molar-refractivity contribution in [3.63, 3.8) is 0 Å². The Hall–Kier alpha value is -5.47. The van der Waals surface area contributed by atoms with Gasteiger partial charge in [0.05, 0.1) is 41.6 Å². The maximum absolute atomic E-state index is 13.2. The summed E-state index contributed by atoms with van der Waals surface area (Å²) in [4.78, 5) is 28.9. The SMILES string of the molecule is CS(=O)c1nc2c(c(N3CCN(C(=O)OCc4ccccc4)[C@@H](CC#N)C3)n1)CCN(c1cc(OCc3ccccc3)cc3ccccc13)C2. The summed E-state index contributed by atoms with van der Waals surface area (Å²) >= 11 is 0. The van der Waals surface area contributed by atoms with Gasteiger partial charge in [0.15, 0.2) is 0 Å². The first-order valence-corrected chi connectivity index (χ1v) is 18.3. The molecule has 254 valence electrons. The van der Waals surface area contributed by atoms with Crippen molar-refractivity contribution in [1.29, 1.82) is 5.26 Å². The van der Waals surface area contributed by atoms with Crippen molar-refractivity contribution in [3.8, 4) is 11.8 Å². The number of nitrogens with zero attached hydrogens (tertiary/aromatic N) is 6. The molecule has 1 fully saturated rings. The molecule has 10 nitrogen and oxygen atoms in total. The van der Waals surface area contributed by atoms with Crippen LogP contribution in [0.1, 0.15) is 28.8 Å². The lowest BCUT2D eigenvalue weighted by molar-refractivity contribution is 0.0767. The molecule has 3 heterocycles. The molecular weight excluding hydrogens is 649 g/mol. The molecule has 4 aromatic carbocycles. The van der Waals surface area contributed by atoms with E-state index in [1.54, 1.807) is 11.2 Å². The van der Waals surface area contributed by atoms with Gasteiger partial charge in [0.1, 0.15) is 24.8 Å². The normalized spacial score (nSPS) is 16.4. The van der Waals surface area contributed by atoms with Gasteiger partial charge in [0, 0.05) is 55.1 Å². The van der Waals surface area contributed by atoms with Crippen LogP contribution in [0.15, 0.2) is 102 Å². The molecule has 0 radical (unpaired) electrons. The molecule has 2 atom stereocenters. The van der Waals surface area contributed by atoms with Gasteiger partial charge in [-0.2, -0.15) is 5.26 Å². The zero-order chi connectivity index (χ0) is 34.5. The van der Waals surface area contributed by atoms with E-state index in [-0.39, 0.29) is 24.2 Å². The maximum Gasteiger partial charge on any atom is 0.410 e. The first kappa shape index (κ1) is 33.0. The summed E-state index contributed by atoms with van der Waals surface area (Å²) in [6.45, 7) is 3.13. The van der Waals surface area contributed by atoms with Crippen LogP contribution in [0.3, 0.4) is 0 Å². The second-order valence-electron chi connectivity index (χ2n) is 12.5. The van der Waals surface area contributed by atoms with Crippen LogP contribution >= 0.6 is 0 Å². The van der Waals surface area contributed by atoms with Gasteiger partial charge in [0.2, 0.25) is 5.16 Å². The van der Waals surface area contributed by atoms with Crippen LogP contribution in [0.5, 0.6) is 5.75 Å². The highest BCUT2D eigenvalue weighted by atomic mass is 32.2. The number of hydrogen-bond donors (Lipinski definition) is 0. The number of amides is 1. The van der Waals surface area contributed by atoms with E-state index in [9.17, 15) is 14.3 Å². The van der Waals surface area contributed by atoms with Crippen LogP contribution in [0, 0.1) is 11.3 Å². The second-order valence-corrected chi connectivity index (χ2v) is 13.8. The number of benzene rings is 4. The van der Waals surface area contributed by atoms with Crippen molar-refractivity contribution in [2.24, 2.45) is 0 Å². The average Bonchev–Trinajstić information content (AvgIpc) is 3.16. The number of piperazine rings is 1. The largest absolute Gasteiger partial charge is 0.489 e. The van der Waals surface area contributed by atoms with Crippen molar-refractivity contribution in [1.82, 2.24) is 14.9 Å². The van der Waals surface area contributed by atoms with Crippen molar-refractivity contribution in [3.05, 3.63) is 119 Å². The Morgan fingerprint density at radius 3 is 2.36 bits per heavy atom. The van der Waals surface area contributed by atoms with Crippen molar-refractivity contribution < 1.29 is 18.5 Å². The number of ether oxygens (including phenoxy) is 2. The average molecular weight is 687 g/mol. The fraction of sp³-hybridized carbons (Fsp3) is 0.282. The van der Waals surface area contributed by atoms with E-state index in [0.717, 1.165) is 57.0 Å². The Kier molecular flexibility index (Phi) is 9.89. The highest BCUT2D eigenvalue weighted by molar-refractivity contribution is 7.84. The number of hydrogen-bond acceptors (Lipinski definition) is 9. The van der Waals surface area contributed by atoms with E-state index < -0.39 is 16.9 Å². The third-order valence-corrected chi connectivity index (χ3v) is 9.93. The number of aromatic nitrogens is 2. The van der Waals surface area contributed by atoms with Gasteiger partial charge in [-0.05, 0) is 29.0 Å².